The van der Waals surface area contributed by atoms with Crippen molar-refractivity contribution in [3.63, 3.8) is 0 Å². The van der Waals surface area contributed by atoms with E-state index in [-0.39, 0.29) is 6.04 Å². The number of hydrogen-bond donors (Lipinski definition) is 2. The summed E-state index contributed by atoms with van der Waals surface area (Å²) in [6, 6.07) is 12.5. The van der Waals surface area contributed by atoms with Gasteiger partial charge in [0.15, 0.2) is 0 Å². The number of benzene rings is 2. The minimum absolute atomic E-state index is 0.129. The van der Waals surface area contributed by atoms with Crippen LogP contribution in [0.5, 0.6) is 5.75 Å². The number of amides is 1. The van der Waals surface area contributed by atoms with Gasteiger partial charge in [-0.15, -0.1) is 0 Å². The second-order valence-corrected chi connectivity index (χ2v) is 10.4. The Bertz CT molecular complexity index is 1440. The highest BCUT2D eigenvalue weighted by molar-refractivity contribution is 5.95. The van der Waals surface area contributed by atoms with E-state index in [1.165, 1.54) is 5.56 Å². The highest BCUT2D eigenvalue weighted by Gasteiger charge is 2.20. The van der Waals surface area contributed by atoms with Gasteiger partial charge in [-0.05, 0) is 39.2 Å². The fourth-order valence-corrected chi connectivity index (χ4v) is 4.67. The predicted molar refractivity (Wildman–Crippen MR) is 148 cm³/mol. The number of alkyl carbamates (subject to hydrolysis) is 1. The van der Waals surface area contributed by atoms with E-state index in [9.17, 15) is 4.79 Å². The number of aromatic nitrogens is 4. The van der Waals surface area contributed by atoms with Gasteiger partial charge in [-0.3, -0.25) is 4.68 Å². The number of nitrogens with zero attached hydrogens (tertiary/aromatic N) is 4. The molecule has 4 aromatic rings. The van der Waals surface area contributed by atoms with Gasteiger partial charge in [0.2, 0.25) is 5.95 Å². The number of ether oxygens (including phenoxy) is 2. The average Bonchev–Trinajstić information content (AvgIpc) is 3.55. The Morgan fingerprint density at radius 2 is 1.97 bits per heavy atom. The molecule has 5 rings (SSSR count). The number of hydrogen-bond acceptors (Lipinski definition) is 7. The zero-order valence-electron chi connectivity index (χ0n) is 22.3. The van der Waals surface area contributed by atoms with Crippen molar-refractivity contribution in [3.8, 4) is 16.9 Å². The number of anilines is 2. The van der Waals surface area contributed by atoms with Gasteiger partial charge in [0, 0.05) is 41.9 Å². The Hall–Kier alpha value is -4.14. The summed E-state index contributed by atoms with van der Waals surface area (Å²) in [5.74, 6) is 1.44. The van der Waals surface area contributed by atoms with Gasteiger partial charge >= 0.3 is 6.09 Å². The van der Waals surface area contributed by atoms with Crippen molar-refractivity contribution in [1.29, 1.82) is 0 Å². The number of carbonyl (C=O) groups excluding carboxylic acids is 1. The Morgan fingerprint density at radius 1 is 1.16 bits per heavy atom. The highest BCUT2D eigenvalue weighted by Crippen LogP contribution is 2.39. The largest absolute Gasteiger partial charge is 0.492 e. The monoisotopic (exact) mass is 514 g/mol. The first-order valence-electron chi connectivity index (χ1n) is 13.1. The van der Waals surface area contributed by atoms with E-state index in [2.05, 4.69) is 51.9 Å². The van der Waals surface area contributed by atoms with Crippen LogP contribution in [0.15, 0.2) is 55.0 Å². The minimum Gasteiger partial charge on any atom is -0.492 e. The van der Waals surface area contributed by atoms with Crippen molar-refractivity contribution < 1.29 is 14.3 Å². The second kappa shape index (κ2) is 10.7. The van der Waals surface area contributed by atoms with Crippen LogP contribution in [0.2, 0.25) is 0 Å². The van der Waals surface area contributed by atoms with Crippen LogP contribution in [0, 0.1) is 0 Å². The van der Waals surface area contributed by atoms with E-state index in [0.29, 0.717) is 19.1 Å². The molecule has 1 amide bonds. The molecule has 0 aliphatic carbocycles. The van der Waals surface area contributed by atoms with Crippen LogP contribution in [0.25, 0.3) is 22.0 Å². The Labute approximate surface area is 222 Å². The molecule has 0 saturated heterocycles. The van der Waals surface area contributed by atoms with E-state index in [0.717, 1.165) is 52.7 Å². The van der Waals surface area contributed by atoms with Crippen LogP contribution >= 0.6 is 0 Å². The Balaban J connectivity index is 1.30. The molecule has 0 spiro atoms. The molecule has 38 heavy (non-hydrogen) atoms. The summed E-state index contributed by atoms with van der Waals surface area (Å²) < 4.78 is 13.2. The number of nitrogens with one attached hydrogen (secondary N) is 2. The van der Waals surface area contributed by atoms with Crippen LogP contribution in [0.1, 0.15) is 52.1 Å². The molecule has 2 N–H and O–H groups in total. The van der Waals surface area contributed by atoms with Crippen molar-refractivity contribution in [1.82, 2.24) is 25.1 Å². The Kier molecular flexibility index (Phi) is 7.18. The predicted octanol–water partition coefficient (Wildman–Crippen LogP) is 6.04. The molecule has 1 aliphatic heterocycles. The summed E-state index contributed by atoms with van der Waals surface area (Å²) in [6.45, 7) is 8.86. The van der Waals surface area contributed by atoms with Crippen LogP contribution in [0.3, 0.4) is 0 Å². The lowest BCUT2D eigenvalue weighted by Crippen LogP contribution is -2.33. The molecule has 1 unspecified atom stereocenters. The molecule has 0 radical (unpaired) electrons. The number of carbonyl (C=O) groups is 1. The number of fused-ring (bicyclic) bond motifs is 2. The Morgan fingerprint density at radius 3 is 2.79 bits per heavy atom. The van der Waals surface area contributed by atoms with Crippen molar-refractivity contribution >= 4 is 28.6 Å². The first kappa shape index (κ1) is 25.5. The summed E-state index contributed by atoms with van der Waals surface area (Å²) in [5, 5.41) is 11.6. The maximum atomic E-state index is 11.9. The van der Waals surface area contributed by atoms with Gasteiger partial charge in [-0.2, -0.15) is 5.10 Å². The average molecular weight is 515 g/mol. The van der Waals surface area contributed by atoms with Gasteiger partial charge in [-0.1, -0.05) is 43.3 Å². The lowest BCUT2D eigenvalue weighted by molar-refractivity contribution is 0.0525. The summed E-state index contributed by atoms with van der Waals surface area (Å²) in [5.41, 5.74) is 4.44. The molecule has 2 aromatic heterocycles. The first-order valence-corrected chi connectivity index (χ1v) is 13.1. The number of rotatable bonds is 8. The second-order valence-electron chi connectivity index (χ2n) is 10.4. The molecule has 9 heteroatoms. The molecular formula is C29H34N6O3. The zero-order valence-corrected chi connectivity index (χ0v) is 22.3. The van der Waals surface area contributed by atoms with Crippen molar-refractivity contribution in [2.45, 2.75) is 58.6 Å². The maximum absolute atomic E-state index is 11.9. The van der Waals surface area contributed by atoms with Gasteiger partial charge in [0.1, 0.15) is 11.4 Å². The first-order chi connectivity index (χ1) is 18.3. The smallest absolute Gasteiger partial charge is 0.407 e. The molecule has 1 atom stereocenters. The highest BCUT2D eigenvalue weighted by atomic mass is 16.6. The van der Waals surface area contributed by atoms with E-state index < -0.39 is 11.7 Å². The van der Waals surface area contributed by atoms with Gasteiger partial charge in [-0.25, -0.2) is 14.8 Å². The molecule has 198 valence electrons. The van der Waals surface area contributed by atoms with Crippen LogP contribution in [0.4, 0.5) is 16.4 Å². The lowest BCUT2D eigenvalue weighted by Gasteiger charge is -2.20. The minimum atomic E-state index is -0.517. The fraction of sp³-hybridized carbons (Fsp3) is 0.379. The van der Waals surface area contributed by atoms with Gasteiger partial charge in [0.25, 0.3) is 0 Å². The summed E-state index contributed by atoms with van der Waals surface area (Å²) in [7, 11) is 0. The topological polar surface area (TPSA) is 103 Å². The molecule has 0 saturated carbocycles. The van der Waals surface area contributed by atoms with E-state index >= 15 is 0 Å². The molecule has 1 aliphatic rings. The fourth-order valence-electron chi connectivity index (χ4n) is 4.67. The number of para-hydroxylation sites is 2. The third-order valence-corrected chi connectivity index (χ3v) is 6.46. The third-order valence-electron chi connectivity index (χ3n) is 6.46. The normalized spacial score (nSPS) is 13.6. The van der Waals surface area contributed by atoms with Crippen molar-refractivity contribution in [2.24, 2.45) is 0 Å². The van der Waals surface area contributed by atoms with Crippen molar-refractivity contribution in [2.75, 3.05) is 18.5 Å². The van der Waals surface area contributed by atoms with Gasteiger partial charge < -0.3 is 20.1 Å². The lowest BCUT2D eigenvalue weighted by atomic mass is 9.99. The SMILES string of the molecule is CCC(CCNC(=O)OC(C)(C)C)n1cc(Nc2ncc3cccc(-c4cccc5c4OCC5)c3n2)cn1. The van der Waals surface area contributed by atoms with Crippen LogP contribution in [-0.4, -0.2) is 44.6 Å². The molecule has 9 nitrogen and oxygen atoms in total. The maximum Gasteiger partial charge on any atom is 0.407 e. The van der Waals surface area contributed by atoms with Crippen molar-refractivity contribution in [3.05, 3.63) is 60.6 Å². The van der Waals surface area contributed by atoms with E-state index in [1.54, 1.807) is 6.20 Å². The molecule has 3 heterocycles. The summed E-state index contributed by atoms with van der Waals surface area (Å²) in [6.07, 6.45) is 7.66. The quantitative estimate of drug-likeness (QED) is 0.296. The van der Waals surface area contributed by atoms with Gasteiger partial charge in [0.05, 0.1) is 30.0 Å². The molecule has 2 aromatic carbocycles. The standard InChI is InChI=1S/C29H34N6O3/c1-5-22(12-14-30-28(36)38-29(2,3)4)35-18-21(17-32-35)33-27-31-16-20-9-7-10-23(25(20)34-27)24-11-6-8-19-13-15-37-26(19)24/h6-11,16-18,22H,5,12-15H2,1-4H3,(H,30,36)(H,31,33,34). The van der Waals surface area contributed by atoms with E-state index in [1.807, 2.05) is 50.0 Å². The summed E-state index contributed by atoms with van der Waals surface area (Å²) in [4.78, 5) is 21.3. The van der Waals surface area contributed by atoms with Crippen LogP contribution in [-0.2, 0) is 11.2 Å². The third kappa shape index (κ3) is 5.72. The van der Waals surface area contributed by atoms with E-state index in [4.69, 9.17) is 14.5 Å². The summed E-state index contributed by atoms with van der Waals surface area (Å²) >= 11 is 0. The zero-order chi connectivity index (χ0) is 26.7. The molecular weight excluding hydrogens is 480 g/mol. The molecule has 0 bridgehead atoms. The van der Waals surface area contributed by atoms with Crippen LogP contribution < -0.4 is 15.4 Å². The molecule has 0 fully saturated rings.